The Morgan fingerprint density at radius 3 is 2.57 bits per heavy atom. The minimum Gasteiger partial charge on any atom is -0.382 e. The Morgan fingerprint density at radius 1 is 1.12 bits per heavy atom. The maximum Gasteiger partial charge on any atom is 0.416 e. The Bertz CT molecular complexity index is 1670. The molecule has 2 amide bonds. The van der Waals surface area contributed by atoms with Gasteiger partial charge in [-0.2, -0.15) is 18.3 Å². The summed E-state index contributed by atoms with van der Waals surface area (Å²) in [4.78, 5) is 35.9. The fraction of sp³-hybridized carbons (Fsp3) is 0.345. The molecule has 6 rings (SSSR count). The van der Waals surface area contributed by atoms with Crippen LogP contribution in [0.4, 0.5) is 24.8 Å². The SMILES string of the molecule is CC1(C(=O)N2CCC[C@@H](c3cc(-c4ccc(C(=O)Nc5cc(C(F)(F)F)ccn5)cc4)c4c(N)ncnn34)C2)COC1. The number of nitrogen functional groups attached to an aromatic ring is 1. The zero-order valence-electron chi connectivity index (χ0n) is 22.7. The molecule has 0 unspecified atom stereocenters. The zero-order chi connectivity index (χ0) is 29.6. The van der Waals surface area contributed by atoms with E-state index in [4.69, 9.17) is 10.5 Å². The molecular weight excluding hydrogens is 551 g/mol. The number of aromatic nitrogens is 4. The van der Waals surface area contributed by atoms with Gasteiger partial charge in [0.25, 0.3) is 5.91 Å². The summed E-state index contributed by atoms with van der Waals surface area (Å²) in [5, 5.41) is 6.89. The van der Waals surface area contributed by atoms with Crippen molar-refractivity contribution >= 4 is 29.0 Å². The van der Waals surface area contributed by atoms with Crippen molar-refractivity contribution < 1.29 is 27.5 Å². The first-order valence-corrected chi connectivity index (χ1v) is 13.5. The average molecular weight is 580 g/mol. The number of ether oxygens (including phenoxy) is 1. The molecule has 42 heavy (non-hydrogen) atoms. The highest BCUT2D eigenvalue weighted by Gasteiger charge is 2.44. The third kappa shape index (κ3) is 5.04. The van der Waals surface area contributed by atoms with Crippen molar-refractivity contribution in [3.8, 4) is 11.1 Å². The number of amides is 2. The lowest BCUT2D eigenvalue weighted by molar-refractivity contribution is -0.169. The van der Waals surface area contributed by atoms with E-state index in [1.54, 1.807) is 28.8 Å². The Morgan fingerprint density at radius 2 is 1.88 bits per heavy atom. The van der Waals surface area contributed by atoms with E-state index in [-0.39, 0.29) is 29.0 Å². The third-order valence-corrected chi connectivity index (χ3v) is 7.88. The van der Waals surface area contributed by atoms with Crippen LogP contribution in [0.3, 0.4) is 0 Å². The van der Waals surface area contributed by atoms with Crippen LogP contribution in [0.15, 0.2) is 55.0 Å². The summed E-state index contributed by atoms with van der Waals surface area (Å²) in [6, 6.07) is 10.2. The quantitative estimate of drug-likeness (QED) is 0.359. The van der Waals surface area contributed by atoms with Gasteiger partial charge in [-0.15, -0.1) is 0 Å². The smallest absolute Gasteiger partial charge is 0.382 e. The van der Waals surface area contributed by atoms with Gasteiger partial charge < -0.3 is 20.7 Å². The number of nitrogens with two attached hydrogens (primary N) is 1. The minimum atomic E-state index is -4.55. The van der Waals surface area contributed by atoms with E-state index < -0.39 is 23.1 Å². The lowest BCUT2D eigenvalue weighted by Gasteiger charge is -2.43. The summed E-state index contributed by atoms with van der Waals surface area (Å²) >= 11 is 0. The molecule has 0 spiro atoms. The number of pyridine rings is 1. The van der Waals surface area contributed by atoms with Crippen LogP contribution >= 0.6 is 0 Å². The summed E-state index contributed by atoms with van der Waals surface area (Å²) in [6.07, 6.45) is -0.448. The number of benzene rings is 1. The highest BCUT2D eigenvalue weighted by atomic mass is 19.4. The molecule has 0 radical (unpaired) electrons. The average Bonchev–Trinajstić information content (AvgIpc) is 3.36. The maximum absolute atomic E-state index is 13.2. The van der Waals surface area contributed by atoms with E-state index >= 15 is 0 Å². The molecule has 218 valence electrons. The van der Waals surface area contributed by atoms with Crippen molar-refractivity contribution in [3.63, 3.8) is 0 Å². The molecular formula is C29H28F3N7O3. The van der Waals surface area contributed by atoms with Crippen LogP contribution in [0.2, 0.25) is 0 Å². The van der Waals surface area contributed by atoms with Crippen LogP contribution in [0.1, 0.15) is 47.3 Å². The van der Waals surface area contributed by atoms with Crippen molar-refractivity contribution in [1.82, 2.24) is 24.5 Å². The van der Waals surface area contributed by atoms with E-state index in [0.717, 1.165) is 48.0 Å². The van der Waals surface area contributed by atoms with Gasteiger partial charge in [0.15, 0.2) is 5.82 Å². The molecule has 0 saturated carbocycles. The van der Waals surface area contributed by atoms with E-state index in [1.807, 2.05) is 17.9 Å². The Labute approximate surface area is 238 Å². The van der Waals surface area contributed by atoms with Crippen LogP contribution in [0.25, 0.3) is 16.6 Å². The van der Waals surface area contributed by atoms with Gasteiger partial charge in [-0.1, -0.05) is 12.1 Å². The molecule has 2 saturated heterocycles. The number of piperidine rings is 1. The number of halogens is 3. The van der Waals surface area contributed by atoms with E-state index in [0.29, 0.717) is 31.8 Å². The number of alkyl halides is 3. The maximum atomic E-state index is 13.2. The number of hydrogen-bond acceptors (Lipinski definition) is 7. The predicted molar refractivity (Wildman–Crippen MR) is 148 cm³/mol. The fourth-order valence-electron chi connectivity index (χ4n) is 5.58. The van der Waals surface area contributed by atoms with Gasteiger partial charge in [0.05, 0.1) is 24.2 Å². The number of hydrogen-bond donors (Lipinski definition) is 2. The second-order valence-electron chi connectivity index (χ2n) is 11.0. The van der Waals surface area contributed by atoms with Crippen molar-refractivity contribution in [2.24, 2.45) is 5.41 Å². The highest BCUT2D eigenvalue weighted by Crippen LogP contribution is 2.38. The Hall–Kier alpha value is -4.52. The lowest BCUT2D eigenvalue weighted by atomic mass is 9.85. The van der Waals surface area contributed by atoms with Crippen LogP contribution in [0, 0.1) is 5.41 Å². The van der Waals surface area contributed by atoms with Gasteiger partial charge in [-0.3, -0.25) is 9.59 Å². The number of fused-ring (bicyclic) bond motifs is 1. The monoisotopic (exact) mass is 579 g/mol. The number of nitrogens with one attached hydrogen (secondary N) is 1. The molecule has 1 aromatic carbocycles. The second kappa shape index (κ2) is 10.4. The molecule has 2 fully saturated rings. The van der Waals surface area contributed by atoms with E-state index in [9.17, 15) is 22.8 Å². The standard InChI is InChI=1S/C29H28F3N7O3/c1-28(14-42-15-28)27(41)38-10-2-3-19(13-38)22-12-21(24-25(33)35-16-36-39(22)24)17-4-6-18(7-5-17)26(40)37-23-11-20(8-9-34-23)29(30,31)32/h4-9,11-12,16,19H,2-3,10,13-15H2,1H3,(H2,33,35,36)(H,34,37,40)/t19-/m1/s1. The molecule has 3 N–H and O–H groups in total. The second-order valence-corrected chi connectivity index (χ2v) is 11.0. The number of nitrogens with zero attached hydrogens (tertiary/aromatic N) is 5. The summed E-state index contributed by atoms with van der Waals surface area (Å²) in [5.74, 6) is -0.399. The number of carbonyl (C=O) groups excluding carboxylic acids is 2. The topological polar surface area (TPSA) is 128 Å². The minimum absolute atomic E-state index is 0.0212. The summed E-state index contributed by atoms with van der Waals surface area (Å²) in [5.41, 5.74) is 8.17. The van der Waals surface area contributed by atoms with E-state index in [1.165, 1.54) is 6.33 Å². The molecule has 3 aromatic heterocycles. The first-order valence-electron chi connectivity index (χ1n) is 13.5. The Balaban J connectivity index is 1.26. The fourth-order valence-corrected chi connectivity index (χ4v) is 5.58. The van der Waals surface area contributed by atoms with Gasteiger partial charge in [0, 0.05) is 42.0 Å². The molecule has 0 bridgehead atoms. The highest BCUT2D eigenvalue weighted by molar-refractivity contribution is 6.04. The normalized spacial score (nSPS) is 18.5. The van der Waals surface area contributed by atoms with Gasteiger partial charge >= 0.3 is 6.18 Å². The van der Waals surface area contributed by atoms with Crippen molar-refractivity contribution in [3.05, 3.63) is 71.8 Å². The molecule has 4 aromatic rings. The molecule has 13 heteroatoms. The molecule has 0 aliphatic carbocycles. The molecule has 2 aliphatic heterocycles. The lowest BCUT2D eigenvalue weighted by Crippen LogP contribution is -2.55. The number of carbonyl (C=O) groups is 2. The molecule has 10 nitrogen and oxygen atoms in total. The van der Waals surface area contributed by atoms with Gasteiger partial charge in [0.1, 0.15) is 17.7 Å². The van der Waals surface area contributed by atoms with Crippen molar-refractivity contribution in [2.75, 3.05) is 37.4 Å². The molecule has 1 atom stereocenters. The number of anilines is 2. The van der Waals surface area contributed by atoms with Crippen molar-refractivity contribution in [1.29, 1.82) is 0 Å². The third-order valence-electron chi connectivity index (χ3n) is 7.88. The van der Waals surface area contributed by atoms with E-state index in [2.05, 4.69) is 20.4 Å². The zero-order valence-corrected chi connectivity index (χ0v) is 22.7. The van der Waals surface area contributed by atoms with Crippen LogP contribution in [-0.2, 0) is 15.7 Å². The molecule has 5 heterocycles. The number of rotatable bonds is 5. The summed E-state index contributed by atoms with van der Waals surface area (Å²) in [6.45, 7) is 4.03. The predicted octanol–water partition coefficient (Wildman–Crippen LogP) is 4.39. The van der Waals surface area contributed by atoms with Crippen LogP contribution < -0.4 is 11.1 Å². The first-order chi connectivity index (χ1) is 20.0. The number of likely N-dealkylation sites (tertiary alicyclic amines) is 1. The van der Waals surface area contributed by atoms with Crippen LogP contribution in [0.5, 0.6) is 0 Å². The van der Waals surface area contributed by atoms with Gasteiger partial charge in [0.2, 0.25) is 5.91 Å². The summed E-state index contributed by atoms with van der Waals surface area (Å²) in [7, 11) is 0. The largest absolute Gasteiger partial charge is 0.416 e. The van der Waals surface area contributed by atoms with Crippen LogP contribution in [-0.4, -0.2) is 62.6 Å². The van der Waals surface area contributed by atoms with Crippen molar-refractivity contribution in [2.45, 2.75) is 31.9 Å². The van der Waals surface area contributed by atoms with Gasteiger partial charge in [-0.05, 0) is 55.7 Å². The summed E-state index contributed by atoms with van der Waals surface area (Å²) < 4.78 is 46.2. The first kappa shape index (κ1) is 27.6. The molecule has 2 aliphatic rings. The van der Waals surface area contributed by atoms with Gasteiger partial charge in [-0.25, -0.2) is 14.5 Å². The Kier molecular flexibility index (Phi) is 6.84.